The number of nitrogens with zero attached hydrogens (tertiary/aromatic N) is 3. The van der Waals surface area contributed by atoms with E-state index in [1.54, 1.807) is 0 Å². The molecule has 1 N–H and O–H groups in total. The van der Waals surface area contributed by atoms with Crippen molar-refractivity contribution in [1.29, 1.82) is 0 Å². The monoisotopic (exact) mass is 288 g/mol. The molecule has 2 saturated carbocycles. The fourth-order valence-electron chi connectivity index (χ4n) is 2.55. The molecule has 1 aromatic heterocycles. The van der Waals surface area contributed by atoms with Crippen LogP contribution in [-0.2, 0) is 5.41 Å². The maximum Gasteiger partial charge on any atom is 0.138 e. The molecule has 2 fully saturated rings. The quantitative estimate of drug-likeness (QED) is 0.870. The molecule has 0 saturated heterocycles. The van der Waals surface area contributed by atoms with Gasteiger partial charge in [0.2, 0.25) is 0 Å². The molecule has 21 heavy (non-hydrogen) atoms. The molecule has 0 aromatic carbocycles. The average molecular weight is 288 g/mol. The first-order valence-corrected chi connectivity index (χ1v) is 8.28. The number of aromatic nitrogens is 2. The minimum absolute atomic E-state index is 0.0214. The zero-order valence-electron chi connectivity index (χ0n) is 13.8. The molecular formula is C17H28N4. The first kappa shape index (κ1) is 14.6. The summed E-state index contributed by atoms with van der Waals surface area (Å²) in [5, 5.41) is 3.19. The molecule has 0 bridgehead atoms. The lowest BCUT2D eigenvalue weighted by molar-refractivity contribution is 0.543. The summed E-state index contributed by atoms with van der Waals surface area (Å²) in [6.45, 7) is 8.87. The lowest BCUT2D eigenvalue weighted by Crippen LogP contribution is -2.30. The Balaban J connectivity index is 1.88. The van der Waals surface area contributed by atoms with Crippen LogP contribution in [-0.4, -0.2) is 30.1 Å². The topological polar surface area (TPSA) is 41.0 Å². The Labute approximate surface area is 128 Å². The van der Waals surface area contributed by atoms with Crippen LogP contribution < -0.4 is 10.2 Å². The Morgan fingerprint density at radius 1 is 1.10 bits per heavy atom. The molecule has 3 rings (SSSR count). The van der Waals surface area contributed by atoms with Crippen molar-refractivity contribution < 1.29 is 0 Å². The van der Waals surface area contributed by atoms with E-state index in [1.165, 1.54) is 38.8 Å². The molecule has 0 unspecified atom stereocenters. The van der Waals surface area contributed by atoms with Crippen LogP contribution in [0.5, 0.6) is 0 Å². The van der Waals surface area contributed by atoms with Gasteiger partial charge in [-0.05, 0) is 37.5 Å². The number of hydrogen-bond acceptors (Lipinski definition) is 4. The standard InChI is InChI=1S/C17H28N4/c1-17(2,3)16-19-14(18-4)9-15(20-16)21(10-12-5-6-12)11-13-7-8-13/h9,12-13H,5-8,10-11H2,1-4H3,(H,18,19,20). The van der Waals surface area contributed by atoms with Crippen molar-refractivity contribution in [2.45, 2.75) is 51.9 Å². The molecule has 0 atom stereocenters. The van der Waals surface area contributed by atoms with Crippen molar-refractivity contribution in [2.75, 3.05) is 30.4 Å². The summed E-state index contributed by atoms with van der Waals surface area (Å²) >= 11 is 0. The summed E-state index contributed by atoms with van der Waals surface area (Å²) in [5.74, 6) is 4.74. The lowest BCUT2D eigenvalue weighted by atomic mass is 9.96. The van der Waals surface area contributed by atoms with Gasteiger partial charge in [-0.1, -0.05) is 20.8 Å². The maximum absolute atomic E-state index is 4.89. The van der Waals surface area contributed by atoms with E-state index < -0.39 is 0 Å². The largest absolute Gasteiger partial charge is 0.373 e. The second-order valence-electron chi connectivity index (χ2n) is 7.73. The van der Waals surface area contributed by atoms with Crippen LogP contribution in [0.3, 0.4) is 0 Å². The van der Waals surface area contributed by atoms with Crippen LogP contribution in [0.4, 0.5) is 11.6 Å². The van der Waals surface area contributed by atoms with E-state index >= 15 is 0 Å². The van der Waals surface area contributed by atoms with Gasteiger partial charge < -0.3 is 10.2 Å². The van der Waals surface area contributed by atoms with Crippen LogP contribution >= 0.6 is 0 Å². The van der Waals surface area contributed by atoms with E-state index in [0.29, 0.717) is 0 Å². The highest BCUT2D eigenvalue weighted by Crippen LogP contribution is 2.36. The molecule has 2 aliphatic carbocycles. The zero-order chi connectivity index (χ0) is 15.0. The average Bonchev–Trinajstić information content (AvgIpc) is 3.31. The molecule has 0 amide bonds. The Bertz CT molecular complexity index is 484. The van der Waals surface area contributed by atoms with Gasteiger partial charge in [0.1, 0.15) is 17.5 Å². The molecule has 4 nitrogen and oxygen atoms in total. The fourth-order valence-corrected chi connectivity index (χ4v) is 2.55. The SMILES string of the molecule is CNc1cc(N(CC2CC2)CC2CC2)nc(C(C)(C)C)n1. The van der Waals surface area contributed by atoms with Gasteiger partial charge >= 0.3 is 0 Å². The lowest BCUT2D eigenvalue weighted by Gasteiger charge is -2.26. The highest BCUT2D eigenvalue weighted by molar-refractivity contribution is 5.50. The highest BCUT2D eigenvalue weighted by atomic mass is 15.2. The molecule has 1 aromatic rings. The minimum Gasteiger partial charge on any atom is -0.373 e. The molecule has 0 radical (unpaired) electrons. The van der Waals surface area contributed by atoms with Crippen LogP contribution in [0.25, 0.3) is 0 Å². The van der Waals surface area contributed by atoms with Crippen molar-refractivity contribution in [3.05, 3.63) is 11.9 Å². The Kier molecular flexibility index (Phi) is 3.80. The fraction of sp³-hybridized carbons (Fsp3) is 0.765. The molecule has 116 valence electrons. The number of anilines is 2. The second kappa shape index (κ2) is 5.47. The minimum atomic E-state index is -0.0214. The van der Waals surface area contributed by atoms with Crippen molar-refractivity contribution in [3.63, 3.8) is 0 Å². The number of rotatable bonds is 6. The number of nitrogens with one attached hydrogen (secondary N) is 1. The summed E-state index contributed by atoms with van der Waals surface area (Å²) in [6, 6.07) is 2.11. The molecular weight excluding hydrogens is 260 g/mol. The summed E-state index contributed by atoms with van der Waals surface area (Å²) in [7, 11) is 1.94. The van der Waals surface area contributed by atoms with Gasteiger partial charge in [-0.25, -0.2) is 9.97 Å². The van der Waals surface area contributed by atoms with Gasteiger partial charge in [-0.3, -0.25) is 0 Å². The first-order chi connectivity index (χ1) is 9.95. The third-order valence-corrected chi connectivity index (χ3v) is 4.31. The van der Waals surface area contributed by atoms with E-state index in [0.717, 1.165) is 29.3 Å². The van der Waals surface area contributed by atoms with Gasteiger partial charge in [0.15, 0.2) is 0 Å². The van der Waals surface area contributed by atoms with E-state index in [-0.39, 0.29) is 5.41 Å². The molecule has 4 heteroatoms. The normalized spacial score (nSPS) is 18.7. The summed E-state index contributed by atoms with van der Waals surface area (Å²) < 4.78 is 0. The summed E-state index contributed by atoms with van der Waals surface area (Å²) in [4.78, 5) is 12.0. The van der Waals surface area contributed by atoms with Gasteiger partial charge in [-0.2, -0.15) is 0 Å². The molecule has 2 aliphatic rings. The van der Waals surface area contributed by atoms with Crippen LogP contribution in [0.15, 0.2) is 6.07 Å². The van der Waals surface area contributed by atoms with Crippen LogP contribution in [0.1, 0.15) is 52.3 Å². The van der Waals surface area contributed by atoms with E-state index in [1.807, 2.05) is 7.05 Å². The van der Waals surface area contributed by atoms with Gasteiger partial charge in [0.25, 0.3) is 0 Å². The number of hydrogen-bond donors (Lipinski definition) is 1. The zero-order valence-corrected chi connectivity index (χ0v) is 13.8. The van der Waals surface area contributed by atoms with Crippen LogP contribution in [0.2, 0.25) is 0 Å². The highest BCUT2D eigenvalue weighted by Gasteiger charge is 2.30. The second-order valence-corrected chi connectivity index (χ2v) is 7.73. The third kappa shape index (κ3) is 3.86. The van der Waals surface area contributed by atoms with Gasteiger partial charge in [-0.15, -0.1) is 0 Å². The van der Waals surface area contributed by atoms with Crippen molar-refractivity contribution in [2.24, 2.45) is 11.8 Å². The summed E-state index contributed by atoms with van der Waals surface area (Å²) in [6.07, 6.45) is 5.54. The smallest absolute Gasteiger partial charge is 0.138 e. The Morgan fingerprint density at radius 3 is 2.10 bits per heavy atom. The van der Waals surface area contributed by atoms with Gasteiger partial charge in [0, 0.05) is 31.6 Å². The van der Waals surface area contributed by atoms with Crippen molar-refractivity contribution >= 4 is 11.6 Å². The Hall–Kier alpha value is -1.32. The van der Waals surface area contributed by atoms with E-state index in [9.17, 15) is 0 Å². The third-order valence-electron chi connectivity index (χ3n) is 4.31. The molecule has 0 spiro atoms. The predicted molar refractivity (Wildman–Crippen MR) is 87.9 cm³/mol. The molecule has 1 heterocycles. The van der Waals surface area contributed by atoms with E-state index in [4.69, 9.17) is 4.98 Å². The Morgan fingerprint density at radius 2 is 1.67 bits per heavy atom. The molecule has 0 aliphatic heterocycles. The first-order valence-electron chi connectivity index (χ1n) is 8.28. The van der Waals surface area contributed by atoms with E-state index in [2.05, 4.69) is 42.0 Å². The van der Waals surface area contributed by atoms with Crippen molar-refractivity contribution in [1.82, 2.24) is 9.97 Å². The predicted octanol–water partition coefficient (Wildman–Crippen LogP) is 3.44. The van der Waals surface area contributed by atoms with Crippen molar-refractivity contribution in [3.8, 4) is 0 Å². The van der Waals surface area contributed by atoms with Gasteiger partial charge in [0.05, 0.1) is 0 Å². The maximum atomic E-state index is 4.89. The van der Waals surface area contributed by atoms with Crippen LogP contribution in [0, 0.1) is 11.8 Å². The summed E-state index contributed by atoms with van der Waals surface area (Å²) in [5.41, 5.74) is -0.0214.